The van der Waals surface area contributed by atoms with Gasteiger partial charge in [-0.2, -0.15) is 0 Å². The van der Waals surface area contributed by atoms with Crippen LogP contribution in [0.4, 0.5) is 0 Å². The Balaban J connectivity index is 2.19. The molecule has 0 aliphatic carbocycles. The van der Waals surface area contributed by atoms with E-state index in [1.54, 1.807) is 7.11 Å². The summed E-state index contributed by atoms with van der Waals surface area (Å²) in [6.07, 6.45) is 1.03. The van der Waals surface area contributed by atoms with Crippen LogP contribution < -0.4 is 16.0 Å². The molecule has 0 spiro atoms. The number of aliphatic imine (C=N–C) groups is 1. The number of rotatable bonds is 10. The first kappa shape index (κ1) is 19.7. The van der Waals surface area contributed by atoms with Crippen LogP contribution in [-0.4, -0.2) is 89.5 Å². The fourth-order valence-corrected chi connectivity index (χ4v) is 2.18. The van der Waals surface area contributed by atoms with E-state index >= 15 is 0 Å². The maximum Gasteiger partial charge on any atom is 0.241 e. The van der Waals surface area contributed by atoms with Crippen molar-refractivity contribution in [1.29, 1.82) is 0 Å². The number of hydrogen-bond acceptors (Lipinski definition) is 5. The number of ether oxygens (including phenoxy) is 2. The summed E-state index contributed by atoms with van der Waals surface area (Å²) < 4.78 is 10.2. The predicted molar refractivity (Wildman–Crippen MR) is 90.7 cm³/mol. The van der Waals surface area contributed by atoms with E-state index in [-0.39, 0.29) is 12.5 Å². The van der Waals surface area contributed by atoms with Crippen LogP contribution in [0.3, 0.4) is 0 Å². The highest BCUT2D eigenvalue weighted by Crippen LogP contribution is 1.97. The maximum absolute atomic E-state index is 11.6. The lowest BCUT2D eigenvalue weighted by Gasteiger charge is -2.26. The largest absolute Gasteiger partial charge is 0.383 e. The number of nitrogens with one attached hydrogen (secondary N) is 3. The standard InChI is InChI=1S/C15H31N5O3/c1-3-16-15(19-13-14(21)17-6-10-22-2)18-5-4-7-20-8-11-23-12-9-20/h3-13H2,1-2H3,(H,17,21)(H2,16,18,19). The van der Waals surface area contributed by atoms with Crippen molar-refractivity contribution in [3.8, 4) is 0 Å². The second-order valence-corrected chi connectivity index (χ2v) is 5.27. The molecule has 1 amide bonds. The Morgan fingerprint density at radius 3 is 2.70 bits per heavy atom. The average Bonchev–Trinajstić information content (AvgIpc) is 2.57. The highest BCUT2D eigenvalue weighted by atomic mass is 16.5. The average molecular weight is 329 g/mol. The zero-order valence-electron chi connectivity index (χ0n) is 14.4. The van der Waals surface area contributed by atoms with Crippen LogP contribution >= 0.6 is 0 Å². The van der Waals surface area contributed by atoms with Gasteiger partial charge in [0.2, 0.25) is 5.91 Å². The van der Waals surface area contributed by atoms with E-state index in [0.717, 1.165) is 52.4 Å². The number of carbonyl (C=O) groups excluding carboxylic acids is 1. The lowest BCUT2D eigenvalue weighted by atomic mass is 10.3. The summed E-state index contributed by atoms with van der Waals surface area (Å²) in [4.78, 5) is 18.3. The van der Waals surface area contributed by atoms with Crippen LogP contribution in [0.2, 0.25) is 0 Å². The maximum atomic E-state index is 11.6. The van der Waals surface area contributed by atoms with E-state index in [1.807, 2.05) is 6.92 Å². The molecular weight excluding hydrogens is 298 g/mol. The number of methoxy groups -OCH3 is 1. The highest BCUT2D eigenvalue weighted by molar-refractivity contribution is 5.84. The highest BCUT2D eigenvalue weighted by Gasteiger charge is 2.09. The molecule has 23 heavy (non-hydrogen) atoms. The summed E-state index contributed by atoms with van der Waals surface area (Å²) in [5.74, 6) is 0.573. The van der Waals surface area contributed by atoms with Gasteiger partial charge in [0.1, 0.15) is 6.54 Å². The number of morpholine rings is 1. The molecule has 134 valence electrons. The van der Waals surface area contributed by atoms with Crippen molar-refractivity contribution in [2.75, 3.05) is 72.7 Å². The van der Waals surface area contributed by atoms with Gasteiger partial charge in [0.25, 0.3) is 0 Å². The van der Waals surface area contributed by atoms with Gasteiger partial charge in [-0.15, -0.1) is 0 Å². The van der Waals surface area contributed by atoms with Crippen LogP contribution in [0.15, 0.2) is 4.99 Å². The zero-order chi connectivity index (χ0) is 16.8. The summed E-state index contributed by atoms with van der Waals surface area (Å²) in [5, 5.41) is 9.15. The van der Waals surface area contributed by atoms with E-state index in [1.165, 1.54) is 0 Å². The van der Waals surface area contributed by atoms with E-state index in [9.17, 15) is 4.79 Å². The molecule has 1 saturated heterocycles. The predicted octanol–water partition coefficient (Wildman–Crippen LogP) is -0.974. The minimum Gasteiger partial charge on any atom is -0.383 e. The number of amides is 1. The molecule has 0 bridgehead atoms. The molecule has 0 aromatic heterocycles. The summed E-state index contributed by atoms with van der Waals surface area (Å²) in [7, 11) is 1.61. The van der Waals surface area contributed by atoms with Crippen LogP contribution in [0.1, 0.15) is 13.3 Å². The van der Waals surface area contributed by atoms with Crippen LogP contribution in [0, 0.1) is 0 Å². The van der Waals surface area contributed by atoms with Crippen LogP contribution in [-0.2, 0) is 14.3 Å². The Bertz CT molecular complexity index is 346. The van der Waals surface area contributed by atoms with Crippen molar-refractivity contribution >= 4 is 11.9 Å². The smallest absolute Gasteiger partial charge is 0.241 e. The summed E-state index contributed by atoms with van der Waals surface area (Å²) in [5.41, 5.74) is 0. The first-order valence-corrected chi connectivity index (χ1v) is 8.34. The van der Waals surface area contributed by atoms with Gasteiger partial charge in [0.05, 0.1) is 19.8 Å². The Morgan fingerprint density at radius 2 is 2.00 bits per heavy atom. The lowest BCUT2D eigenvalue weighted by Crippen LogP contribution is -2.41. The number of guanidine groups is 1. The molecule has 0 unspecified atom stereocenters. The van der Waals surface area contributed by atoms with Crippen molar-refractivity contribution in [1.82, 2.24) is 20.9 Å². The molecule has 1 fully saturated rings. The SMILES string of the molecule is CCNC(=NCC(=O)NCCOC)NCCCN1CCOCC1. The third kappa shape index (κ3) is 10.1. The van der Waals surface area contributed by atoms with E-state index < -0.39 is 0 Å². The third-order valence-electron chi connectivity index (χ3n) is 3.40. The molecule has 8 heteroatoms. The van der Waals surface area contributed by atoms with Crippen molar-refractivity contribution in [3.05, 3.63) is 0 Å². The molecule has 0 saturated carbocycles. The molecule has 1 aliphatic heterocycles. The minimum absolute atomic E-state index is 0.104. The van der Waals surface area contributed by atoms with E-state index in [0.29, 0.717) is 19.1 Å². The Kier molecular flexibility index (Phi) is 11.2. The van der Waals surface area contributed by atoms with Gasteiger partial charge in [-0.3, -0.25) is 9.69 Å². The first-order valence-electron chi connectivity index (χ1n) is 8.34. The van der Waals surface area contributed by atoms with Gasteiger partial charge in [0, 0.05) is 39.8 Å². The van der Waals surface area contributed by atoms with Crippen LogP contribution in [0.5, 0.6) is 0 Å². The normalized spacial score (nSPS) is 16.2. The number of nitrogens with zero attached hydrogens (tertiary/aromatic N) is 2. The van der Waals surface area contributed by atoms with Gasteiger partial charge in [-0.25, -0.2) is 4.99 Å². The quantitative estimate of drug-likeness (QED) is 0.271. The summed E-state index contributed by atoms with van der Waals surface area (Å²) >= 11 is 0. The molecular formula is C15H31N5O3. The van der Waals surface area contributed by atoms with Gasteiger partial charge in [0.15, 0.2) is 5.96 Å². The first-order chi connectivity index (χ1) is 11.3. The van der Waals surface area contributed by atoms with Crippen molar-refractivity contribution < 1.29 is 14.3 Å². The lowest BCUT2D eigenvalue weighted by molar-refractivity contribution is -0.119. The van der Waals surface area contributed by atoms with E-state index in [2.05, 4.69) is 25.8 Å². The fourth-order valence-electron chi connectivity index (χ4n) is 2.18. The summed E-state index contributed by atoms with van der Waals surface area (Å²) in [6, 6.07) is 0. The summed E-state index contributed by atoms with van der Waals surface area (Å²) in [6.45, 7) is 9.45. The van der Waals surface area contributed by atoms with Gasteiger partial charge >= 0.3 is 0 Å². The second-order valence-electron chi connectivity index (χ2n) is 5.27. The molecule has 0 aromatic carbocycles. The third-order valence-corrected chi connectivity index (χ3v) is 3.40. The van der Waals surface area contributed by atoms with Crippen molar-refractivity contribution in [2.24, 2.45) is 4.99 Å². The molecule has 0 aromatic rings. The zero-order valence-corrected chi connectivity index (χ0v) is 14.4. The molecule has 0 radical (unpaired) electrons. The van der Waals surface area contributed by atoms with Gasteiger partial charge < -0.3 is 25.4 Å². The van der Waals surface area contributed by atoms with Gasteiger partial charge in [-0.1, -0.05) is 0 Å². The second kappa shape index (κ2) is 13.1. The topological polar surface area (TPSA) is 87.2 Å². The minimum atomic E-state index is -0.104. The molecule has 1 aliphatic rings. The van der Waals surface area contributed by atoms with Crippen molar-refractivity contribution in [3.63, 3.8) is 0 Å². The molecule has 8 nitrogen and oxygen atoms in total. The van der Waals surface area contributed by atoms with E-state index in [4.69, 9.17) is 9.47 Å². The van der Waals surface area contributed by atoms with Gasteiger partial charge in [-0.05, 0) is 19.9 Å². The Hall–Kier alpha value is -1.38. The molecule has 0 atom stereocenters. The van der Waals surface area contributed by atoms with Crippen LogP contribution in [0.25, 0.3) is 0 Å². The fraction of sp³-hybridized carbons (Fsp3) is 0.867. The number of hydrogen-bond donors (Lipinski definition) is 3. The Labute approximate surface area is 139 Å². The molecule has 1 rings (SSSR count). The molecule has 3 N–H and O–H groups in total. The Morgan fingerprint density at radius 1 is 1.22 bits per heavy atom. The molecule has 1 heterocycles. The monoisotopic (exact) mass is 329 g/mol. The number of carbonyl (C=O) groups is 1. The van der Waals surface area contributed by atoms with Crippen molar-refractivity contribution in [2.45, 2.75) is 13.3 Å².